The highest BCUT2D eigenvalue weighted by atomic mass is 16.2. The Kier molecular flexibility index (Phi) is 4.11. The van der Waals surface area contributed by atoms with Crippen LogP contribution >= 0.6 is 0 Å². The summed E-state index contributed by atoms with van der Waals surface area (Å²) in [6, 6.07) is 7.45. The van der Waals surface area contributed by atoms with Gasteiger partial charge < -0.3 is 4.90 Å². The van der Waals surface area contributed by atoms with Crippen LogP contribution in [0, 0.1) is 6.92 Å². The molecule has 0 radical (unpaired) electrons. The van der Waals surface area contributed by atoms with Crippen LogP contribution in [0.1, 0.15) is 40.8 Å². The van der Waals surface area contributed by atoms with Crippen molar-refractivity contribution in [1.29, 1.82) is 0 Å². The molecule has 0 unspecified atom stereocenters. The number of rotatable bonds is 3. The summed E-state index contributed by atoms with van der Waals surface area (Å²) in [7, 11) is 1.85. The van der Waals surface area contributed by atoms with Crippen LogP contribution in [0.2, 0.25) is 0 Å². The van der Waals surface area contributed by atoms with E-state index in [9.17, 15) is 4.79 Å². The van der Waals surface area contributed by atoms with Gasteiger partial charge in [-0.2, -0.15) is 14.7 Å². The molecule has 1 aliphatic heterocycles. The topological polar surface area (TPSA) is 99.0 Å². The van der Waals surface area contributed by atoms with Crippen molar-refractivity contribution in [1.82, 2.24) is 44.3 Å². The lowest BCUT2D eigenvalue weighted by Gasteiger charge is -2.30. The fourth-order valence-electron chi connectivity index (χ4n) is 3.74. The van der Waals surface area contributed by atoms with Crippen molar-refractivity contribution in [3.8, 4) is 5.82 Å². The van der Waals surface area contributed by atoms with Crippen LogP contribution in [0.4, 0.5) is 0 Å². The standard InChI is InChI=1S/C19H21N9O/c1-13-12-15(23-25(13)2)19(29)26-10-6-14(7-11-26)18-22-21-16-4-5-17(24-28(16)18)27-9-3-8-20-27/h3-5,8-9,12,14H,6-7,10-11H2,1-2H3. The molecule has 4 aromatic heterocycles. The minimum absolute atomic E-state index is 0.0163. The smallest absolute Gasteiger partial charge is 0.274 e. The van der Waals surface area contributed by atoms with Gasteiger partial charge in [-0.05, 0) is 44.0 Å². The highest BCUT2D eigenvalue weighted by molar-refractivity contribution is 5.92. The Balaban J connectivity index is 1.35. The number of aryl methyl sites for hydroxylation is 2. The van der Waals surface area contributed by atoms with Gasteiger partial charge in [0.15, 0.2) is 23.0 Å². The molecule has 5 heterocycles. The molecule has 4 aromatic rings. The first kappa shape index (κ1) is 17.5. The third-order valence-corrected chi connectivity index (χ3v) is 5.49. The Labute approximate surface area is 166 Å². The Morgan fingerprint density at radius 1 is 1.14 bits per heavy atom. The molecule has 1 saturated heterocycles. The number of piperidine rings is 1. The minimum atomic E-state index is -0.0163. The van der Waals surface area contributed by atoms with Gasteiger partial charge in [0.05, 0.1) is 0 Å². The van der Waals surface area contributed by atoms with E-state index in [0.29, 0.717) is 30.2 Å². The Morgan fingerprint density at radius 3 is 2.66 bits per heavy atom. The molecule has 0 saturated carbocycles. The summed E-state index contributed by atoms with van der Waals surface area (Å²) in [6.45, 7) is 3.26. The van der Waals surface area contributed by atoms with Gasteiger partial charge in [0.2, 0.25) is 0 Å². The summed E-state index contributed by atoms with van der Waals surface area (Å²) in [4.78, 5) is 14.6. The summed E-state index contributed by atoms with van der Waals surface area (Å²) in [5.74, 6) is 1.72. The van der Waals surface area contributed by atoms with E-state index in [1.54, 1.807) is 20.1 Å². The summed E-state index contributed by atoms with van der Waals surface area (Å²) >= 11 is 0. The molecule has 1 aliphatic rings. The number of carbonyl (C=O) groups excluding carboxylic acids is 1. The van der Waals surface area contributed by atoms with Crippen LogP contribution < -0.4 is 0 Å². The molecule has 0 aliphatic carbocycles. The zero-order chi connectivity index (χ0) is 20.0. The van der Waals surface area contributed by atoms with E-state index in [-0.39, 0.29) is 11.8 Å². The maximum absolute atomic E-state index is 12.7. The van der Waals surface area contributed by atoms with Gasteiger partial charge in [-0.1, -0.05) is 0 Å². The number of fused-ring (bicyclic) bond motifs is 1. The average molecular weight is 391 g/mol. The largest absolute Gasteiger partial charge is 0.337 e. The molecule has 10 heteroatoms. The van der Waals surface area contributed by atoms with Crippen molar-refractivity contribution in [3.63, 3.8) is 0 Å². The van der Waals surface area contributed by atoms with Gasteiger partial charge in [-0.3, -0.25) is 9.48 Å². The quantitative estimate of drug-likeness (QED) is 0.523. The van der Waals surface area contributed by atoms with Gasteiger partial charge in [0, 0.05) is 44.1 Å². The molecular formula is C19H21N9O. The van der Waals surface area contributed by atoms with E-state index in [4.69, 9.17) is 0 Å². The molecule has 1 fully saturated rings. The highest BCUT2D eigenvalue weighted by Gasteiger charge is 2.29. The zero-order valence-corrected chi connectivity index (χ0v) is 16.3. The maximum atomic E-state index is 12.7. The highest BCUT2D eigenvalue weighted by Crippen LogP contribution is 2.27. The molecule has 10 nitrogen and oxygen atoms in total. The van der Waals surface area contributed by atoms with E-state index in [1.807, 2.05) is 49.3 Å². The Bertz CT molecular complexity index is 1150. The number of nitrogens with zero attached hydrogens (tertiary/aromatic N) is 9. The minimum Gasteiger partial charge on any atom is -0.337 e. The van der Waals surface area contributed by atoms with Crippen molar-refractivity contribution in [2.75, 3.05) is 13.1 Å². The lowest BCUT2D eigenvalue weighted by atomic mass is 9.96. The predicted octanol–water partition coefficient (Wildman–Crippen LogP) is 1.37. The van der Waals surface area contributed by atoms with Crippen LogP contribution in [0.5, 0.6) is 0 Å². The number of likely N-dealkylation sites (tertiary alicyclic amines) is 1. The number of hydrogen-bond donors (Lipinski definition) is 0. The number of aromatic nitrogens is 8. The normalized spacial score (nSPS) is 15.3. The molecular weight excluding hydrogens is 370 g/mol. The molecule has 0 bridgehead atoms. The second-order valence-corrected chi connectivity index (χ2v) is 7.33. The molecule has 0 atom stereocenters. The fourth-order valence-corrected chi connectivity index (χ4v) is 3.74. The van der Waals surface area contributed by atoms with Crippen molar-refractivity contribution < 1.29 is 4.79 Å². The van der Waals surface area contributed by atoms with E-state index >= 15 is 0 Å². The summed E-state index contributed by atoms with van der Waals surface area (Å²) in [6.07, 6.45) is 5.19. The Hall–Kier alpha value is -3.56. The van der Waals surface area contributed by atoms with Crippen molar-refractivity contribution in [3.05, 3.63) is 53.9 Å². The van der Waals surface area contributed by atoms with Crippen LogP contribution in [0.15, 0.2) is 36.7 Å². The van der Waals surface area contributed by atoms with Crippen molar-refractivity contribution in [2.45, 2.75) is 25.7 Å². The third-order valence-electron chi connectivity index (χ3n) is 5.49. The van der Waals surface area contributed by atoms with E-state index in [1.165, 1.54) is 0 Å². The SMILES string of the molecule is Cc1cc(C(=O)N2CCC(c3nnc4ccc(-n5cccn5)nn34)CC2)nn1C. The fraction of sp³-hybridized carbons (Fsp3) is 0.368. The molecule has 0 aromatic carbocycles. The molecule has 0 spiro atoms. The van der Waals surface area contributed by atoms with Crippen LogP contribution in [0.3, 0.4) is 0 Å². The second-order valence-electron chi connectivity index (χ2n) is 7.33. The predicted molar refractivity (Wildman–Crippen MR) is 104 cm³/mol. The molecule has 1 amide bonds. The van der Waals surface area contributed by atoms with Crippen LogP contribution in [0.25, 0.3) is 11.5 Å². The van der Waals surface area contributed by atoms with E-state index in [0.717, 1.165) is 24.4 Å². The van der Waals surface area contributed by atoms with Gasteiger partial charge >= 0.3 is 0 Å². The van der Waals surface area contributed by atoms with Crippen LogP contribution in [-0.4, -0.2) is 63.3 Å². The van der Waals surface area contributed by atoms with Gasteiger partial charge in [-0.15, -0.1) is 15.3 Å². The molecule has 5 rings (SSSR count). The molecule has 0 N–H and O–H groups in total. The molecule has 148 valence electrons. The monoisotopic (exact) mass is 391 g/mol. The second kappa shape index (κ2) is 6.80. The van der Waals surface area contributed by atoms with Gasteiger partial charge in [0.25, 0.3) is 5.91 Å². The Morgan fingerprint density at radius 2 is 1.97 bits per heavy atom. The maximum Gasteiger partial charge on any atom is 0.274 e. The zero-order valence-electron chi connectivity index (χ0n) is 16.3. The summed E-state index contributed by atoms with van der Waals surface area (Å²) < 4.78 is 5.23. The van der Waals surface area contributed by atoms with Crippen molar-refractivity contribution >= 4 is 11.6 Å². The lowest BCUT2D eigenvalue weighted by Crippen LogP contribution is -2.38. The first-order valence-corrected chi connectivity index (χ1v) is 9.62. The number of hydrogen-bond acceptors (Lipinski definition) is 6. The lowest BCUT2D eigenvalue weighted by molar-refractivity contribution is 0.0704. The average Bonchev–Trinajstić information content (AvgIpc) is 3.48. The summed E-state index contributed by atoms with van der Waals surface area (Å²) in [5, 5.41) is 21.9. The van der Waals surface area contributed by atoms with Crippen molar-refractivity contribution in [2.24, 2.45) is 7.05 Å². The van der Waals surface area contributed by atoms with Gasteiger partial charge in [0.1, 0.15) is 0 Å². The van der Waals surface area contributed by atoms with Crippen LogP contribution in [-0.2, 0) is 7.05 Å². The summed E-state index contributed by atoms with van der Waals surface area (Å²) in [5.41, 5.74) is 2.18. The first-order chi connectivity index (χ1) is 14.1. The first-order valence-electron chi connectivity index (χ1n) is 9.62. The van der Waals surface area contributed by atoms with E-state index in [2.05, 4.69) is 25.5 Å². The molecule has 29 heavy (non-hydrogen) atoms. The van der Waals surface area contributed by atoms with E-state index < -0.39 is 0 Å². The number of amides is 1. The van der Waals surface area contributed by atoms with Gasteiger partial charge in [-0.25, -0.2) is 4.68 Å². The number of carbonyl (C=O) groups is 1. The third kappa shape index (κ3) is 3.06.